The van der Waals surface area contributed by atoms with Crippen molar-refractivity contribution in [2.24, 2.45) is 5.92 Å². The summed E-state index contributed by atoms with van der Waals surface area (Å²) >= 11 is 5.20. The van der Waals surface area contributed by atoms with E-state index in [2.05, 4.69) is 22.9 Å². The Kier molecular flexibility index (Phi) is 7.85. The van der Waals surface area contributed by atoms with Gasteiger partial charge in [-0.25, -0.2) is 0 Å². The van der Waals surface area contributed by atoms with Crippen molar-refractivity contribution in [2.45, 2.75) is 51.9 Å². The van der Waals surface area contributed by atoms with Gasteiger partial charge in [0.2, 0.25) is 5.91 Å². The molecule has 1 aromatic rings. The van der Waals surface area contributed by atoms with Crippen molar-refractivity contribution in [3.05, 3.63) is 29.8 Å². The van der Waals surface area contributed by atoms with Gasteiger partial charge >= 0.3 is 0 Å². The van der Waals surface area contributed by atoms with E-state index in [1.165, 1.54) is 12.8 Å². The average Bonchev–Trinajstić information content (AvgIpc) is 3.07. The highest BCUT2D eigenvalue weighted by molar-refractivity contribution is 7.80. The topological polar surface area (TPSA) is 70.2 Å². The molecule has 3 N–H and O–H groups in total. The molecule has 2 rings (SSSR count). The van der Waals surface area contributed by atoms with Gasteiger partial charge in [0.25, 0.3) is 5.91 Å². The minimum atomic E-state index is -0.103. The highest BCUT2D eigenvalue weighted by Crippen LogP contribution is 2.27. The minimum Gasteiger partial charge on any atom is -0.352 e. The lowest BCUT2D eigenvalue weighted by molar-refractivity contribution is -0.120. The van der Waals surface area contributed by atoms with E-state index in [0.717, 1.165) is 25.7 Å². The van der Waals surface area contributed by atoms with Crippen molar-refractivity contribution in [1.29, 1.82) is 0 Å². The van der Waals surface area contributed by atoms with Crippen molar-refractivity contribution >= 4 is 34.8 Å². The van der Waals surface area contributed by atoms with Crippen molar-refractivity contribution in [3.8, 4) is 0 Å². The summed E-state index contributed by atoms with van der Waals surface area (Å²) in [7, 11) is 0. The van der Waals surface area contributed by atoms with Crippen LogP contribution < -0.4 is 16.0 Å². The summed E-state index contributed by atoms with van der Waals surface area (Å²) in [4.78, 5) is 24.1. The summed E-state index contributed by atoms with van der Waals surface area (Å²) in [5.74, 6) is 0.337. The second-order valence-electron chi connectivity index (χ2n) is 6.55. The van der Waals surface area contributed by atoms with E-state index in [1.807, 2.05) is 6.07 Å². The predicted molar refractivity (Wildman–Crippen MR) is 105 cm³/mol. The predicted octanol–water partition coefficient (Wildman–Crippen LogP) is 3.61. The van der Waals surface area contributed by atoms with Gasteiger partial charge in [0.05, 0.1) is 0 Å². The number of thiocarbonyl (C=S) groups is 1. The van der Waals surface area contributed by atoms with Gasteiger partial charge in [-0.2, -0.15) is 0 Å². The van der Waals surface area contributed by atoms with Gasteiger partial charge in [0.1, 0.15) is 0 Å². The molecule has 136 valence electrons. The Morgan fingerprint density at radius 1 is 1.24 bits per heavy atom. The summed E-state index contributed by atoms with van der Waals surface area (Å²) in [6, 6.07) is 7.10. The van der Waals surface area contributed by atoms with Gasteiger partial charge < -0.3 is 16.0 Å². The monoisotopic (exact) mass is 361 g/mol. The SMILES string of the molecule is CCCCNC(=O)c1cccc(NC(=S)NC(=O)CC2CCCC2)c1. The van der Waals surface area contributed by atoms with Gasteiger partial charge in [0.15, 0.2) is 5.11 Å². The molecule has 6 heteroatoms. The Hall–Kier alpha value is -1.95. The lowest BCUT2D eigenvalue weighted by Gasteiger charge is -2.12. The zero-order valence-corrected chi connectivity index (χ0v) is 15.6. The zero-order chi connectivity index (χ0) is 18.1. The Labute approximate surface area is 155 Å². The fourth-order valence-corrected chi connectivity index (χ4v) is 3.27. The number of hydrogen-bond acceptors (Lipinski definition) is 3. The molecule has 0 spiro atoms. The average molecular weight is 362 g/mol. The van der Waals surface area contributed by atoms with Crippen LogP contribution in [0.1, 0.15) is 62.2 Å². The van der Waals surface area contributed by atoms with Crippen LogP contribution in [0, 0.1) is 5.92 Å². The van der Waals surface area contributed by atoms with E-state index in [-0.39, 0.29) is 16.9 Å². The molecule has 0 bridgehead atoms. The molecule has 0 saturated heterocycles. The Morgan fingerprint density at radius 3 is 2.72 bits per heavy atom. The summed E-state index contributed by atoms with van der Waals surface area (Å²) in [6.07, 6.45) is 7.21. The lowest BCUT2D eigenvalue weighted by atomic mass is 10.0. The van der Waals surface area contributed by atoms with Gasteiger partial charge in [-0.05, 0) is 55.6 Å². The Bertz CT molecular complexity index is 612. The maximum absolute atomic E-state index is 12.1. The number of anilines is 1. The van der Waals surface area contributed by atoms with E-state index >= 15 is 0 Å². The van der Waals surface area contributed by atoms with Crippen LogP contribution in [0.2, 0.25) is 0 Å². The maximum Gasteiger partial charge on any atom is 0.251 e. The van der Waals surface area contributed by atoms with Crippen LogP contribution in [0.3, 0.4) is 0 Å². The lowest BCUT2D eigenvalue weighted by Crippen LogP contribution is -2.35. The maximum atomic E-state index is 12.1. The molecule has 1 fully saturated rings. The smallest absolute Gasteiger partial charge is 0.251 e. The number of carbonyl (C=O) groups excluding carboxylic acids is 2. The first kappa shape index (κ1) is 19.4. The van der Waals surface area contributed by atoms with Crippen LogP contribution in [0.4, 0.5) is 5.69 Å². The van der Waals surface area contributed by atoms with Crippen molar-refractivity contribution in [1.82, 2.24) is 10.6 Å². The first-order valence-corrected chi connectivity index (χ1v) is 9.48. The van der Waals surface area contributed by atoms with Crippen LogP contribution in [0.15, 0.2) is 24.3 Å². The van der Waals surface area contributed by atoms with Crippen LogP contribution in [-0.2, 0) is 4.79 Å². The second-order valence-corrected chi connectivity index (χ2v) is 6.96. The number of unbranched alkanes of at least 4 members (excludes halogenated alkanes) is 1. The second kappa shape index (κ2) is 10.1. The highest BCUT2D eigenvalue weighted by Gasteiger charge is 2.18. The molecule has 0 aliphatic heterocycles. The van der Waals surface area contributed by atoms with Crippen LogP contribution in [0.25, 0.3) is 0 Å². The van der Waals surface area contributed by atoms with Gasteiger partial charge in [-0.15, -0.1) is 0 Å². The molecule has 0 aromatic heterocycles. The zero-order valence-electron chi connectivity index (χ0n) is 14.8. The third-order valence-corrected chi connectivity index (χ3v) is 4.60. The number of amides is 2. The van der Waals surface area contributed by atoms with Crippen molar-refractivity contribution in [3.63, 3.8) is 0 Å². The van der Waals surface area contributed by atoms with Crippen molar-refractivity contribution < 1.29 is 9.59 Å². The third-order valence-electron chi connectivity index (χ3n) is 4.40. The molecular formula is C19H27N3O2S. The van der Waals surface area contributed by atoms with E-state index < -0.39 is 0 Å². The number of nitrogens with one attached hydrogen (secondary N) is 3. The molecular weight excluding hydrogens is 334 g/mol. The van der Waals surface area contributed by atoms with E-state index in [0.29, 0.717) is 30.1 Å². The van der Waals surface area contributed by atoms with Crippen LogP contribution >= 0.6 is 12.2 Å². The molecule has 1 aliphatic carbocycles. The largest absolute Gasteiger partial charge is 0.352 e. The molecule has 5 nitrogen and oxygen atoms in total. The summed E-state index contributed by atoms with van der Waals surface area (Å²) in [5.41, 5.74) is 1.26. The summed E-state index contributed by atoms with van der Waals surface area (Å²) in [5, 5.41) is 8.86. The first-order chi connectivity index (χ1) is 12.1. The minimum absolute atomic E-state index is 0.0436. The summed E-state index contributed by atoms with van der Waals surface area (Å²) < 4.78 is 0. The normalized spacial score (nSPS) is 14.1. The first-order valence-electron chi connectivity index (χ1n) is 9.07. The fourth-order valence-electron chi connectivity index (χ4n) is 3.04. The molecule has 1 saturated carbocycles. The molecule has 2 amide bonds. The van der Waals surface area contributed by atoms with Gasteiger partial charge in [-0.3, -0.25) is 9.59 Å². The van der Waals surface area contributed by atoms with E-state index in [1.54, 1.807) is 18.2 Å². The highest BCUT2D eigenvalue weighted by atomic mass is 32.1. The molecule has 0 heterocycles. The Morgan fingerprint density at radius 2 is 2.00 bits per heavy atom. The number of rotatable bonds is 7. The van der Waals surface area contributed by atoms with E-state index in [4.69, 9.17) is 12.2 Å². The Balaban J connectivity index is 1.82. The van der Waals surface area contributed by atoms with Crippen molar-refractivity contribution in [2.75, 3.05) is 11.9 Å². The van der Waals surface area contributed by atoms with Crippen LogP contribution in [0.5, 0.6) is 0 Å². The molecule has 1 aliphatic rings. The number of benzene rings is 1. The number of carbonyl (C=O) groups is 2. The molecule has 0 radical (unpaired) electrons. The summed E-state index contributed by atoms with van der Waals surface area (Å²) in [6.45, 7) is 2.75. The van der Waals surface area contributed by atoms with E-state index in [9.17, 15) is 9.59 Å². The standard InChI is InChI=1S/C19H27N3O2S/c1-2-3-11-20-18(24)15-9-6-10-16(13-15)21-19(25)22-17(23)12-14-7-4-5-8-14/h6,9-10,13-14H,2-5,7-8,11-12H2,1H3,(H,20,24)(H2,21,22,23,25). The molecule has 1 aromatic carbocycles. The third kappa shape index (κ3) is 6.82. The molecule has 0 atom stereocenters. The quantitative estimate of drug-likeness (QED) is 0.512. The van der Waals surface area contributed by atoms with Crippen LogP contribution in [-0.4, -0.2) is 23.5 Å². The van der Waals surface area contributed by atoms with Gasteiger partial charge in [0, 0.05) is 24.2 Å². The number of hydrogen-bond donors (Lipinski definition) is 3. The molecule has 25 heavy (non-hydrogen) atoms. The fraction of sp³-hybridized carbons (Fsp3) is 0.526. The molecule has 0 unspecified atom stereocenters. The van der Waals surface area contributed by atoms with Gasteiger partial charge in [-0.1, -0.05) is 32.3 Å².